The minimum atomic E-state index is 0.225. The third-order valence-corrected chi connectivity index (χ3v) is 3.34. The molecule has 0 saturated carbocycles. The number of ether oxygens (including phenoxy) is 1. The van der Waals surface area contributed by atoms with E-state index in [4.69, 9.17) is 10.5 Å². The molecule has 0 amide bonds. The number of rotatable bonds is 6. The molecule has 0 bridgehead atoms. The van der Waals surface area contributed by atoms with Gasteiger partial charge in [-0.25, -0.2) is 0 Å². The van der Waals surface area contributed by atoms with Crippen LogP contribution in [0.4, 0.5) is 0 Å². The van der Waals surface area contributed by atoms with Gasteiger partial charge < -0.3 is 20.3 Å². The second-order valence-corrected chi connectivity index (χ2v) is 4.59. The predicted octanol–water partition coefficient (Wildman–Crippen LogP) is -0.0139. The van der Waals surface area contributed by atoms with Gasteiger partial charge in [-0.1, -0.05) is 0 Å². The van der Waals surface area contributed by atoms with Crippen molar-refractivity contribution >= 4 is 0 Å². The normalized spacial score (nSPS) is 25.0. The second-order valence-electron chi connectivity index (χ2n) is 4.59. The molecular weight excluding hydrogens is 190 g/mol. The van der Waals surface area contributed by atoms with E-state index in [2.05, 4.69) is 23.9 Å². The van der Waals surface area contributed by atoms with Gasteiger partial charge in [0.1, 0.15) is 0 Å². The third kappa shape index (κ3) is 4.07. The molecule has 1 rings (SSSR count). The van der Waals surface area contributed by atoms with Crippen molar-refractivity contribution in [2.24, 2.45) is 5.73 Å². The van der Waals surface area contributed by atoms with Crippen LogP contribution in [0.3, 0.4) is 0 Å². The monoisotopic (exact) mass is 215 g/mol. The average Bonchev–Trinajstić information content (AvgIpc) is 2.68. The van der Waals surface area contributed by atoms with Crippen LogP contribution in [-0.4, -0.2) is 69.3 Å². The molecule has 0 aromatic carbocycles. The molecule has 0 radical (unpaired) electrons. The van der Waals surface area contributed by atoms with Crippen molar-refractivity contribution in [2.75, 3.05) is 47.4 Å². The highest BCUT2D eigenvalue weighted by Gasteiger charge is 2.23. The maximum Gasteiger partial charge on any atom is 0.0705 e. The summed E-state index contributed by atoms with van der Waals surface area (Å²) >= 11 is 0. The van der Waals surface area contributed by atoms with Gasteiger partial charge >= 0.3 is 0 Å². The van der Waals surface area contributed by atoms with E-state index in [1.54, 1.807) is 7.11 Å². The third-order valence-electron chi connectivity index (χ3n) is 3.34. The van der Waals surface area contributed by atoms with E-state index in [0.717, 1.165) is 19.0 Å². The Kier molecular flexibility index (Phi) is 5.53. The molecule has 1 fully saturated rings. The Morgan fingerprint density at radius 3 is 2.73 bits per heavy atom. The van der Waals surface area contributed by atoms with Crippen molar-refractivity contribution in [3.63, 3.8) is 0 Å². The van der Waals surface area contributed by atoms with Crippen LogP contribution in [0.2, 0.25) is 0 Å². The van der Waals surface area contributed by atoms with Crippen LogP contribution in [0, 0.1) is 0 Å². The van der Waals surface area contributed by atoms with Gasteiger partial charge in [-0.05, 0) is 33.5 Å². The fourth-order valence-corrected chi connectivity index (χ4v) is 2.10. The van der Waals surface area contributed by atoms with Gasteiger partial charge in [0.05, 0.1) is 6.10 Å². The molecule has 1 heterocycles. The zero-order valence-corrected chi connectivity index (χ0v) is 10.3. The molecule has 4 nitrogen and oxygen atoms in total. The standard InChI is InChI=1S/C11H25N3O/c1-13(2)10-4-6-14(9-10)7-5-11(8-12)15-3/h10-11H,4-9,12H2,1-3H3. The maximum absolute atomic E-state index is 5.59. The van der Waals surface area contributed by atoms with Crippen LogP contribution in [0.15, 0.2) is 0 Å². The summed E-state index contributed by atoms with van der Waals surface area (Å²) in [6.07, 6.45) is 2.56. The zero-order valence-electron chi connectivity index (χ0n) is 10.3. The minimum absolute atomic E-state index is 0.225. The lowest BCUT2D eigenvalue weighted by Crippen LogP contribution is -2.33. The van der Waals surface area contributed by atoms with Crippen LogP contribution >= 0.6 is 0 Å². The first-order chi connectivity index (χ1) is 7.17. The van der Waals surface area contributed by atoms with Gasteiger partial charge in [0.2, 0.25) is 0 Å². The van der Waals surface area contributed by atoms with Gasteiger partial charge in [-0.3, -0.25) is 0 Å². The van der Waals surface area contributed by atoms with Crippen LogP contribution in [0.5, 0.6) is 0 Å². The lowest BCUT2D eigenvalue weighted by Gasteiger charge is -2.21. The fraction of sp³-hybridized carbons (Fsp3) is 1.00. The van der Waals surface area contributed by atoms with Crippen molar-refractivity contribution < 1.29 is 4.74 Å². The summed E-state index contributed by atoms with van der Waals surface area (Å²) in [4.78, 5) is 4.82. The Labute approximate surface area is 93.4 Å². The van der Waals surface area contributed by atoms with E-state index in [-0.39, 0.29) is 6.10 Å². The Bertz CT molecular complexity index is 171. The molecule has 90 valence electrons. The first-order valence-electron chi connectivity index (χ1n) is 5.79. The largest absolute Gasteiger partial charge is 0.380 e. The smallest absolute Gasteiger partial charge is 0.0705 e. The molecule has 1 saturated heterocycles. The van der Waals surface area contributed by atoms with Gasteiger partial charge in [-0.15, -0.1) is 0 Å². The topological polar surface area (TPSA) is 41.7 Å². The molecular formula is C11H25N3O. The summed E-state index contributed by atoms with van der Waals surface area (Å²) in [6.45, 7) is 4.14. The van der Waals surface area contributed by atoms with Crippen LogP contribution in [0.1, 0.15) is 12.8 Å². The van der Waals surface area contributed by atoms with Crippen molar-refractivity contribution in [1.82, 2.24) is 9.80 Å². The van der Waals surface area contributed by atoms with Crippen molar-refractivity contribution in [1.29, 1.82) is 0 Å². The molecule has 1 aliphatic rings. The van der Waals surface area contributed by atoms with E-state index in [1.807, 2.05) is 0 Å². The van der Waals surface area contributed by atoms with E-state index in [9.17, 15) is 0 Å². The lowest BCUT2D eigenvalue weighted by atomic mass is 10.2. The number of nitrogens with zero attached hydrogens (tertiary/aromatic N) is 2. The number of likely N-dealkylation sites (N-methyl/N-ethyl adjacent to an activating group) is 1. The zero-order chi connectivity index (χ0) is 11.3. The summed E-state index contributed by atoms with van der Waals surface area (Å²) in [6, 6.07) is 0.726. The van der Waals surface area contributed by atoms with Crippen molar-refractivity contribution in [3.05, 3.63) is 0 Å². The SMILES string of the molecule is COC(CN)CCN1CCC(N(C)C)C1. The van der Waals surface area contributed by atoms with Gasteiger partial charge in [0, 0.05) is 32.8 Å². The number of likely N-dealkylation sites (tertiary alicyclic amines) is 1. The molecule has 2 atom stereocenters. The number of hydrogen-bond acceptors (Lipinski definition) is 4. The fourth-order valence-electron chi connectivity index (χ4n) is 2.10. The lowest BCUT2D eigenvalue weighted by molar-refractivity contribution is 0.0916. The van der Waals surface area contributed by atoms with Gasteiger partial charge in [-0.2, -0.15) is 0 Å². The highest BCUT2D eigenvalue weighted by molar-refractivity contribution is 4.81. The van der Waals surface area contributed by atoms with Crippen LogP contribution in [0.25, 0.3) is 0 Å². The number of nitrogens with two attached hydrogens (primary N) is 1. The molecule has 2 N–H and O–H groups in total. The van der Waals surface area contributed by atoms with Crippen molar-refractivity contribution in [2.45, 2.75) is 25.0 Å². The summed E-state index contributed by atoms with van der Waals surface area (Å²) in [5.41, 5.74) is 5.59. The van der Waals surface area contributed by atoms with Crippen LogP contribution < -0.4 is 5.73 Å². The van der Waals surface area contributed by atoms with Crippen LogP contribution in [-0.2, 0) is 4.74 Å². The van der Waals surface area contributed by atoms with E-state index >= 15 is 0 Å². The summed E-state index contributed by atoms with van der Waals surface area (Å²) < 4.78 is 5.27. The van der Waals surface area contributed by atoms with E-state index in [1.165, 1.54) is 19.5 Å². The molecule has 4 heteroatoms. The molecule has 0 aliphatic carbocycles. The van der Waals surface area contributed by atoms with Gasteiger partial charge in [0.15, 0.2) is 0 Å². The Morgan fingerprint density at radius 2 is 2.27 bits per heavy atom. The summed E-state index contributed by atoms with van der Waals surface area (Å²) in [5, 5.41) is 0. The molecule has 1 aliphatic heterocycles. The summed E-state index contributed by atoms with van der Waals surface area (Å²) in [7, 11) is 6.06. The second kappa shape index (κ2) is 6.43. The first-order valence-corrected chi connectivity index (χ1v) is 5.79. The summed E-state index contributed by atoms with van der Waals surface area (Å²) in [5.74, 6) is 0. The number of hydrogen-bond donors (Lipinski definition) is 1. The highest BCUT2D eigenvalue weighted by Crippen LogP contribution is 2.13. The Hall–Kier alpha value is -0.160. The highest BCUT2D eigenvalue weighted by atomic mass is 16.5. The molecule has 0 spiro atoms. The average molecular weight is 215 g/mol. The van der Waals surface area contributed by atoms with E-state index < -0.39 is 0 Å². The molecule has 0 aromatic heterocycles. The molecule has 15 heavy (non-hydrogen) atoms. The number of methoxy groups -OCH3 is 1. The van der Waals surface area contributed by atoms with E-state index in [0.29, 0.717) is 6.54 Å². The maximum atomic E-state index is 5.59. The Morgan fingerprint density at radius 1 is 1.53 bits per heavy atom. The minimum Gasteiger partial charge on any atom is -0.380 e. The Balaban J connectivity index is 2.18. The predicted molar refractivity (Wildman–Crippen MR) is 63.0 cm³/mol. The quantitative estimate of drug-likeness (QED) is 0.676. The molecule has 0 aromatic rings. The first kappa shape index (κ1) is 12.9. The van der Waals surface area contributed by atoms with Crippen molar-refractivity contribution in [3.8, 4) is 0 Å². The molecule has 2 unspecified atom stereocenters. The van der Waals surface area contributed by atoms with Gasteiger partial charge in [0.25, 0.3) is 0 Å².